The summed E-state index contributed by atoms with van der Waals surface area (Å²) in [5, 5.41) is 3.05. The monoisotopic (exact) mass is 319 g/mol. The first kappa shape index (κ1) is 13.0. The Kier molecular flexibility index (Phi) is 2.70. The van der Waals surface area contributed by atoms with Gasteiger partial charge in [0.25, 0.3) is 0 Å². The molecular weight excluding hydrogens is 306 g/mol. The molecule has 23 heavy (non-hydrogen) atoms. The first-order chi connectivity index (χ1) is 11.3. The Bertz CT molecular complexity index is 1060. The second-order valence-electron chi connectivity index (χ2n) is 5.84. The Labute approximate surface area is 136 Å². The van der Waals surface area contributed by atoms with E-state index < -0.39 is 0 Å². The van der Waals surface area contributed by atoms with Gasteiger partial charge in [0.1, 0.15) is 11.1 Å². The van der Waals surface area contributed by atoms with Crippen molar-refractivity contribution in [1.82, 2.24) is 4.98 Å². The summed E-state index contributed by atoms with van der Waals surface area (Å²) < 4.78 is 6.11. The Morgan fingerprint density at radius 2 is 1.96 bits per heavy atom. The van der Waals surface area contributed by atoms with Crippen molar-refractivity contribution in [2.75, 3.05) is 0 Å². The van der Waals surface area contributed by atoms with E-state index in [0.29, 0.717) is 6.42 Å². The minimum atomic E-state index is 0.185. The van der Waals surface area contributed by atoms with Gasteiger partial charge in [-0.2, -0.15) is 0 Å². The van der Waals surface area contributed by atoms with Gasteiger partial charge in [-0.25, -0.2) is 4.98 Å². The van der Waals surface area contributed by atoms with E-state index in [0.717, 1.165) is 56.6 Å². The molecule has 0 bridgehead atoms. The summed E-state index contributed by atoms with van der Waals surface area (Å²) in [6.07, 6.45) is 2.33. The van der Waals surface area contributed by atoms with Crippen LogP contribution in [0.1, 0.15) is 28.9 Å². The smallest absolute Gasteiger partial charge is 0.165 e. The molecule has 3 aromatic heterocycles. The minimum absolute atomic E-state index is 0.185. The van der Waals surface area contributed by atoms with Gasteiger partial charge in [0.15, 0.2) is 11.4 Å². The Morgan fingerprint density at radius 1 is 1.04 bits per heavy atom. The molecule has 1 aliphatic rings. The molecule has 5 rings (SSSR count). The molecule has 0 amide bonds. The van der Waals surface area contributed by atoms with Crippen LogP contribution in [0.3, 0.4) is 0 Å². The van der Waals surface area contributed by atoms with E-state index >= 15 is 0 Å². The van der Waals surface area contributed by atoms with E-state index in [9.17, 15) is 4.79 Å². The van der Waals surface area contributed by atoms with E-state index in [1.54, 1.807) is 11.3 Å². The molecule has 4 heteroatoms. The highest BCUT2D eigenvalue weighted by Crippen LogP contribution is 2.41. The van der Waals surface area contributed by atoms with Crippen LogP contribution in [-0.2, 0) is 6.42 Å². The van der Waals surface area contributed by atoms with Crippen LogP contribution in [0.25, 0.3) is 32.5 Å². The first-order valence-corrected chi connectivity index (χ1v) is 8.62. The lowest BCUT2D eigenvalue weighted by molar-refractivity contribution is 0.0972. The quantitative estimate of drug-likeness (QED) is 0.482. The lowest BCUT2D eigenvalue weighted by Gasteiger charge is -2.17. The van der Waals surface area contributed by atoms with Gasteiger partial charge < -0.3 is 4.42 Å². The molecule has 3 nitrogen and oxygen atoms in total. The number of Topliss-reactive ketones (excluding diaryl/α,β-unsaturated/α-hetero) is 1. The van der Waals surface area contributed by atoms with Gasteiger partial charge in [0, 0.05) is 22.2 Å². The number of thiophene rings is 1. The standard InChI is InChI=1S/C19H13NO2S/c21-13-7-3-6-12-16(13)17(15-9-4-10-23-15)19-18(20-12)11-5-1-2-8-14(11)22-19/h1-2,4-5,8-10H,3,6-7H2. The van der Waals surface area contributed by atoms with Crippen molar-refractivity contribution in [3.8, 4) is 10.4 Å². The number of hydrogen-bond donors (Lipinski definition) is 0. The van der Waals surface area contributed by atoms with Crippen LogP contribution in [0.15, 0.2) is 46.2 Å². The number of carbonyl (C=O) groups is 1. The van der Waals surface area contributed by atoms with Crippen molar-refractivity contribution in [3.05, 3.63) is 53.0 Å². The fourth-order valence-electron chi connectivity index (χ4n) is 3.44. The highest BCUT2D eigenvalue weighted by molar-refractivity contribution is 7.13. The van der Waals surface area contributed by atoms with Crippen molar-refractivity contribution >= 4 is 39.2 Å². The number of para-hydroxylation sites is 1. The maximum absolute atomic E-state index is 12.6. The largest absolute Gasteiger partial charge is 0.454 e. The van der Waals surface area contributed by atoms with Crippen molar-refractivity contribution < 1.29 is 9.21 Å². The fraction of sp³-hybridized carbons (Fsp3) is 0.158. The van der Waals surface area contributed by atoms with Crippen molar-refractivity contribution in [1.29, 1.82) is 0 Å². The topological polar surface area (TPSA) is 43.1 Å². The number of ketones is 1. The molecule has 0 fully saturated rings. The van der Waals surface area contributed by atoms with Gasteiger partial charge in [-0.05, 0) is 36.4 Å². The van der Waals surface area contributed by atoms with Crippen LogP contribution in [0.5, 0.6) is 0 Å². The molecule has 0 saturated carbocycles. The van der Waals surface area contributed by atoms with Gasteiger partial charge in [-0.15, -0.1) is 11.3 Å². The molecule has 1 aromatic carbocycles. The van der Waals surface area contributed by atoms with E-state index in [2.05, 4.69) is 6.07 Å². The molecule has 0 unspecified atom stereocenters. The molecule has 0 aliphatic heterocycles. The van der Waals surface area contributed by atoms with E-state index in [1.165, 1.54) is 0 Å². The Hall–Kier alpha value is -2.46. The number of hydrogen-bond acceptors (Lipinski definition) is 4. The number of aromatic nitrogens is 1. The maximum Gasteiger partial charge on any atom is 0.165 e. The summed E-state index contributed by atoms with van der Waals surface area (Å²) in [4.78, 5) is 18.5. The lowest BCUT2D eigenvalue weighted by atomic mass is 9.90. The highest BCUT2D eigenvalue weighted by atomic mass is 32.1. The number of benzene rings is 1. The van der Waals surface area contributed by atoms with Gasteiger partial charge >= 0.3 is 0 Å². The summed E-state index contributed by atoms with van der Waals surface area (Å²) in [6, 6.07) is 12.0. The molecule has 112 valence electrons. The number of nitrogens with zero attached hydrogens (tertiary/aromatic N) is 1. The third-order valence-corrected chi connectivity index (χ3v) is 5.33. The molecule has 1 aliphatic carbocycles. The predicted octanol–water partition coefficient (Wildman–Crippen LogP) is 5.23. The van der Waals surface area contributed by atoms with Crippen LogP contribution in [0.2, 0.25) is 0 Å². The van der Waals surface area contributed by atoms with Crippen molar-refractivity contribution in [2.45, 2.75) is 19.3 Å². The normalized spacial score (nSPS) is 14.5. The zero-order valence-corrected chi connectivity index (χ0v) is 13.2. The van der Waals surface area contributed by atoms with Gasteiger partial charge in [-0.1, -0.05) is 18.2 Å². The van der Waals surface area contributed by atoms with Gasteiger partial charge in [0.05, 0.1) is 11.3 Å². The number of rotatable bonds is 1. The van der Waals surface area contributed by atoms with E-state index in [-0.39, 0.29) is 5.78 Å². The van der Waals surface area contributed by atoms with Crippen LogP contribution in [0.4, 0.5) is 0 Å². The maximum atomic E-state index is 12.6. The van der Waals surface area contributed by atoms with E-state index in [1.807, 2.05) is 35.7 Å². The molecule has 3 heterocycles. The molecule has 0 N–H and O–H groups in total. The fourth-order valence-corrected chi connectivity index (χ4v) is 4.21. The minimum Gasteiger partial charge on any atom is -0.454 e. The SMILES string of the molecule is O=C1CCCc2nc3c(oc4ccccc43)c(-c3cccs3)c21. The summed E-state index contributed by atoms with van der Waals surface area (Å²) in [7, 11) is 0. The van der Waals surface area contributed by atoms with E-state index in [4.69, 9.17) is 9.40 Å². The molecule has 0 atom stereocenters. The van der Waals surface area contributed by atoms with Crippen molar-refractivity contribution in [3.63, 3.8) is 0 Å². The van der Waals surface area contributed by atoms with Crippen molar-refractivity contribution in [2.24, 2.45) is 0 Å². The first-order valence-electron chi connectivity index (χ1n) is 7.74. The zero-order chi connectivity index (χ0) is 15.4. The molecule has 0 spiro atoms. The zero-order valence-electron chi connectivity index (χ0n) is 12.3. The van der Waals surface area contributed by atoms with Gasteiger partial charge in [0.2, 0.25) is 0 Å². The second kappa shape index (κ2) is 4.77. The van der Waals surface area contributed by atoms with Crippen LogP contribution >= 0.6 is 11.3 Å². The lowest BCUT2D eigenvalue weighted by Crippen LogP contribution is -2.14. The number of furan rings is 1. The number of pyridine rings is 1. The number of carbonyl (C=O) groups excluding carboxylic acids is 1. The van der Waals surface area contributed by atoms with Gasteiger partial charge in [-0.3, -0.25) is 4.79 Å². The van der Waals surface area contributed by atoms with Crippen LogP contribution in [-0.4, -0.2) is 10.8 Å². The van der Waals surface area contributed by atoms with Crippen LogP contribution in [0, 0.1) is 0 Å². The third kappa shape index (κ3) is 1.82. The average molecular weight is 319 g/mol. The summed E-state index contributed by atoms with van der Waals surface area (Å²) >= 11 is 1.64. The van der Waals surface area contributed by atoms with Crippen LogP contribution < -0.4 is 0 Å². The molecular formula is C19H13NO2S. The summed E-state index contributed by atoms with van der Waals surface area (Å²) in [6.45, 7) is 0. The Morgan fingerprint density at radius 3 is 2.83 bits per heavy atom. The molecule has 4 aromatic rings. The molecule has 0 saturated heterocycles. The number of aryl methyl sites for hydroxylation is 1. The third-order valence-electron chi connectivity index (χ3n) is 4.45. The summed E-state index contributed by atoms with van der Waals surface area (Å²) in [5.74, 6) is 0.185. The predicted molar refractivity (Wildman–Crippen MR) is 92.1 cm³/mol. The number of fused-ring (bicyclic) bond motifs is 4. The second-order valence-corrected chi connectivity index (χ2v) is 6.79. The average Bonchev–Trinajstić information content (AvgIpc) is 3.21. The summed E-state index contributed by atoms with van der Waals surface area (Å²) in [5.41, 5.74) is 5.05. The molecule has 0 radical (unpaired) electrons. The highest BCUT2D eigenvalue weighted by Gasteiger charge is 2.28. The Balaban J connectivity index is 2.01.